The summed E-state index contributed by atoms with van der Waals surface area (Å²) in [4.78, 5) is 23.0. The van der Waals surface area contributed by atoms with E-state index < -0.39 is 0 Å². The maximum Gasteiger partial charge on any atom is 0.305 e. The van der Waals surface area contributed by atoms with Gasteiger partial charge in [0.2, 0.25) is 0 Å². The first-order chi connectivity index (χ1) is 16.2. The number of ether oxygens (including phenoxy) is 6. The van der Waals surface area contributed by atoms with E-state index in [0.717, 1.165) is 38.5 Å². The summed E-state index contributed by atoms with van der Waals surface area (Å²) in [6.45, 7) is 8.45. The van der Waals surface area contributed by atoms with Gasteiger partial charge in [0.15, 0.2) is 0 Å². The molecule has 0 spiro atoms. The number of esters is 2. The molecule has 8 nitrogen and oxygen atoms in total. The second-order valence-electron chi connectivity index (χ2n) is 7.87. The zero-order valence-electron chi connectivity index (χ0n) is 21.1. The van der Waals surface area contributed by atoms with Gasteiger partial charge < -0.3 is 28.4 Å². The highest BCUT2D eigenvalue weighted by atomic mass is 16.6. The van der Waals surface area contributed by atoms with Crippen molar-refractivity contribution in [2.75, 3.05) is 66.1 Å². The quantitative estimate of drug-likeness (QED) is 0.133. The molecule has 0 N–H and O–H groups in total. The molecular formula is C25H48O8. The molecule has 0 aromatic heterocycles. The van der Waals surface area contributed by atoms with Crippen LogP contribution in [0.5, 0.6) is 0 Å². The summed E-state index contributed by atoms with van der Waals surface area (Å²) in [5.41, 5.74) is 0. The van der Waals surface area contributed by atoms with Gasteiger partial charge in [0.05, 0.1) is 52.9 Å². The highest BCUT2D eigenvalue weighted by Crippen LogP contribution is 2.05. The van der Waals surface area contributed by atoms with E-state index in [1.165, 1.54) is 19.3 Å². The Balaban J connectivity index is 3.17. The number of carbonyl (C=O) groups excluding carboxylic acids is 2. The van der Waals surface area contributed by atoms with E-state index in [4.69, 9.17) is 28.4 Å². The van der Waals surface area contributed by atoms with Gasteiger partial charge in [-0.2, -0.15) is 0 Å². The Morgan fingerprint density at radius 3 is 1.09 bits per heavy atom. The largest absolute Gasteiger partial charge is 0.463 e. The summed E-state index contributed by atoms with van der Waals surface area (Å²) in [5, 5.41) is 0. The minimum Gasteiger partial charge on any atom is -0.463 e. The molecule has 8 heteroatoms. The standard InChI is InChI=1S/C25H48O8/c1-3-5-7-9-11-13-25(27)33-23-21-31-19-17-29-15-14-28-16-18-30-20-22-32-24(26)12-10-8-6-4-2/h3-23H2,1-2H3. The molecule has 0 heterocycles. The van der Waals surface area contributed by atoms with Gasteiger partial charge in [0.25, 0.3) is 0 Å². The number of hydrogen-bond donors (Lipinski definition) is 0. The predicted molar refractivity (Wildman–Crippen MR) is 127 cm³/mol. The molecule has 0 fully saturated rings. The van der Waals surface area contributed by atoms with Gasteiger partial charge in [-0.15, -0.1) is 0 Å². The van der Waals surface area contributed by atoms with E-state index in [1.807, 2.05) is 0 Å². The highest BCUT2D eigenvalue weighted by Gasteiger charge is 2.03. The molecular weight excluding hydrogens is 428 g/mol. The number of unbranched alkanes of at least 4 members (excludes halogenated alkanes) is 7. The van der Waals surface area contributed by atoms with Crippen LogP contribution in [-0.2, 0) is 38.0 Å². The van der Waals surface area contributed by atoms with Crippen molar-refractivity contribution in [2.24, 2.45) is 0 Å². The third-order valence-electron chi connectivity index (χ3n) is 4.82. The van der Waals surface area contributed by atoms with Crippen LogP contribution in [0.2, 0.25) is 0 Å². The van der Waals surface area contributed by atoms with Gasteiger partial charge in [-0.1, -0.05) is 58.8 Å². The first-order valence-electron chi connectivity index (χ1n) is 12.8. The third-order valence-corrected chi connectivity index (χ3v) is 4.82. The van der Waals surface area contributed by atoms with Gasteiger partial charge in [-0.25, -0.2) is 0 Å². The second-order valence-corrected chi connectivity index (χ2v) is 7.87. The van der Waals surface area contributed by atoms with Crippen LogP contribution in [0.1, 0.15) is 84.5 Å². The number of rotatable bonds is 26. The topological polar surface area (TPSA) is 89.5 Å². The normalized spacial score (nSPS) is 11.0. The zero-order chi connectivity index (χ0) is 24.2. The molecule has 0 saturated heterocycles. The van der Waals surface area contributed by atoms with Crippen LogP contribution < -0.4 is 0 Å². The van der Waals surface area contributed by atoms with Gasteiger partial charge in [0, 0.05) is 12.8 Å². The number of hydrogen-bond acceptors (Lipinski definition) is 8. The first-order valence-corrected chi connectivity index (χ1v) is 12.8. The minimum atomic E-state index is -0.152. The van der Waals surface area contributed by atoms with Crippen LogP contribution in [0.4, 0.5) is 0 Å². The molecule has 0 atom stereocenters. The van der Waals surface area contributed by atoms with Crippen LogP contribution in [-0.4, -0.2) is 78.0 Å². The molecule has 0 aliphatic rings. The summed E-state index contributed by atoms with van der Waals surface area (Å²) in [5.74, 6) is -0.299. The smallest absolute Gasteiger partial charge is 0.305 e. The summed E-state index contributed by atoms with van der Waals surface area (Å²) in [7, 11) is 0. The van der Waals surface area contributed by atoms with Crippen molar-refractivity contribution >= 4 is 11.9 Å². The van der Waals surface area contributed by atoms with E-state index >= 15 is 0 Å². The van der Waals surface area contributed by atoms with Crippen LogP contribution >= 0.6 is 0 Å². The number of carbonyl (C=O) groups is 2. The average molecular weight is 477 g/mol. The van der Waals surface area contributed by atoms with Crippen molar-refractivity contribution < 1.29 is 38.0 Å². The molecule has 33 heavy (non-hydrogen) atoms. The van der Waals surface area contributed by atoms with Crippen LogP contribution in [0, 0.1) is 0 Å². The maximum absolute atomic E-state index is 11.5. The molecule has 196 valence electrons. The molecule has 0 unspecified atom stereocenters. The van der Waals surface area contributed by atoms with E-state index in [1.54, 1.807) is 0 Å². The molecule has 0 aliphatic heterocycles. The summed E-state index contributed by atoms with van der Waals surface area (Å²) in [6.07, 6.45) is 10.9. The zero-order valence-corrected chi connectivity index (χ0v) is 21.1. The van der Waals surface area contributed by atoms with Crippen molar-refractivity contribution in [1.29, 1.82) is 0 Å². The minimum absolute atomic E-state index is 0.147. The lowest BCUT2D eigenvalue weighted by Gasteiger charge is -2.08. The van der Waals surface area contributed by atoms with Crippen molar-refractivity contribution in [3.8, 4) is 0 Å². The lowest BCUT2D eigenvalue weighted by Crippen LogP contribution is -2.15. The van der Waals surface area contributed by atoms with E-state index in [-0.39, 0.29) is 25.2 Å². The Bertz CT molecular complexity index is 431. The molecule has 0 aromatic rings. The Labute approximate surface area is 201 Å². The van der Waals surface area contributed by atoms with E-state index in [0.29, 0.717) is 65.7 Å². The molecule has 0 aliphatic carbocycles. The van der Waals surface area contributed by atoms with Crippen molar-refractivity contribution in [3.63, 3.8) is 0 Å². The lowest BCUT2D eigenvalue weighted by atomic mass is 10.1. The van der Waals surface area contributed by atoms with E-state index in [2.05, 4.69) is 13.8 Å². The molecule has 0 aromatic carbocycles. The molecule has 0 radical (unpaired) electrons. The molecule has 0 rings (SSSR count). The summed E-state index contributed by atoms with van der Waals surface area (Å²) < 4.78 is 31.8. The lowest BCUT2D eigenvalue weighted by molar-refractivity contribution is -0.146. The Kier molecular flexibility index (Phi) is 26.0. The fourth-order valence-corrected chi connectivity index (χ4v) is 2.90. The third kappa shape index (κ3) is 26.9. The highest BCUT2D eigenvalue weighted by molar-refractivity contribution is 5.69. The van der Waals surface area contributed by atoms with Crippen molar-refractivity contribution in [1.82, 2.24) is 0 Å². The Morgan fingerprint density at radius 2 is 0.727 bits per heavy atom. The predicted octanol–water partition coefficient (Wildman–Crippen LogP) is 4.47. The van der Waals surface area contributed by atoms with Gasteiger partial charge in [0.1, 0.15) is 13.2 Å². The molecule has 0 bridgehead atoms. The maximum atomic E-state index is 11.5. The second kappa shape index (κ2) is 27.0. The fraction of sp³-hybridized carbons (Fsp3) is 0.920. The van der Waals surface area contributed by atoms with Crippen LogP contribution in [0.3, 0.4) is 0 Å². The van der Waals surface area contributed by atoms with Gasteiger partial charge >= 0.3 is 11.9 Å². The molecule has 0 saturated carbocycles. The summed E-state index contributed by atoms with van der Waals surface area (Å²) in [6, 6.07) is 0. The van der Waals surface area contributed by atoms with E-state index in [9.17, 15) is 9.59 Å². The fourth-order valence-electron chi connectivity index (χ4n) is 2.90. The molecule has 0 amide bonds. The summed E-state index contributed by atoms with van der Waals surface area (Å²) >= 11 is 0. The van der Waals surface area contributed by atoms with Crippen LogP contribution in [0.25, 0.3) is 0 Å². The average Bonchev–Trinajstić information content (AvgIpc) is 2.81. The monoisotopic (exact) mass is 476 g/mol. The SMILES string of the molecule is CCCCCCCC(=O)OCCOCCOCCOCCOCCOC(=O)CCCCCC. The Morgan fingerprint density at radius 1 is 0.424 bits per heavy atom. The van der Waals surface area contributed by atoms with Crippen molar-refractivity contribution in [3.05, 3.63) is 0 Å². The van der Waals surface area contributed by atoms with Gasteiger partial charge in [-0.3, -0.25) is 9.59 Å². The van der Waals surface area contributed by atoms with Crippen molar-refractivity contribution in [2.45, 2.75) is 84.5 Å². The first kappa shape index (κ1) is 31.8. The van der Waals surface area contributed by atoms with Crippen LogP contribution in [0.15, 0.2) is 0 Å². The van der Waals surface area contributed by atoms with Gasteiger partial charge in [-0.05, 0) is 12.8 Å². The Hall–Kier alpha value is -1.22.